The van der Waals surface area contributed by atoms with Crippen LogP contribution in [0, 0.1) is 5.92 Å². The van der Waals surface area contributed by atoms with Crippen LogP contribution >= 0.6 is 15.9 Å². The number of rotatable bonds is 4. The van der Waals surface area contributed by atoms with Gasteiger partial charge in [-0.25, -0.2) is 4.98 Å². The molecule has 1 saturated carbocycles. The van der Waals surface area contributed by atoms with Crippen molar-refractivity contribution < 1.29 is 4.79 Å². The van der Waals surface area contributed by atoms with E-state index in [0.29, 0.717) is 11.7 Å². The van der Waals surface area contributed by atoms with E-state index in [1.807, 2.05) is 6.07 Å². The predicted octanol–water partition coefficient (Wildman–Crippen LogP) is 3.93. The molecule has 4 heteroatoms. The van der Waals surface area contributed by atoms with Gasteiger partial charge in [0.25, 0.3) is 5.91 Å². The second kappa shape index (κ2) is 7.04. The molecule has 0 aromatic carbocycles. The number of carbonyl (C=O) groups excluding carboxylic acids is 1. The van der Waals surface area contributed by atoms with Crippen LogP contribution < -0.4 is 5.32 Å². The second-order valence-electron chi connectivity index (χ2n) is 5.34. The van der Waals surface area contributed by atoms with Gasteiger partial charge in [0.1, 0.15) is 5.69 Å². The molecule has 19 heavy (non-hydrogen) atoms. The lowest BCUT2D eigenvalue weighted by atomic mass is 9.83. The number of aromatic nitrogens is 1. The summed E-state index contributed by atoms with van der Waals surface area (Å²) in [5.41, 5.74) is 0.499. The summed E-state index contributed by atoms with van der Waals surface area (Å²) >= 11 is 3.32. The third kappa shape index (κ3) is 4.30. The van der Waals surface area contributed by atoms with Crippen LogP contribution in [0.15, 0.2) is 22.8 Å². The molecule has 1 N–H and O–H groups in total. The molecule has 2 rings (SSSR count). The van der Waals surface area contributed by atoms with E-state index in [2.05, 4.69) is 33.2 Å². The van der Waals surface area contributed by atoms with Crippen LogP contribution in [-0.4, -0.2) is 16.9 Å². The average Bonchev–Trinajstić information content (AvgIpc) is 2.42. The second-order valence-corrected chi connectivity index (χ2v) is 6.26. The topological polar surface area (TPSA) is 42.0 Å². The van der Waals surface area contributed by atoms with E-state index >= 15 is 0 Å². The number of amides is 1. The van der Waals surface area contributed by atoms with Crippen molar-refractivity contribution in [2.24, 2.45) is 5.92 Å². The van der Waals surface area contributed by atoms with Crippen LogP contribution in [0.1, 0.15) is 55.9 Å². The van der Waals surface area contributed by atoms with Crippen molar-refractivity contribution in [3.63, 3.8) is 0 Å². The number of nitrogens with zero attached hydrogens (tertiary/aromatic N) is 1. The van der Waals surface area contributed by atoms with Crippen LogP contribution in [0.25, 0.3) is 0 Å². The number of hydrogen-bond acceptors (Lipinski definition) is 2. The van der Waals surface area contributed by atoms with E-state index in [9.17, 15) is 4.79 Å². The van der Waals surface area contributed by atoms with E-state index in [0.717, 1.165) is 23.2 Å². The summed E-state index contributed by atoms with van der Waals surface area (Å²) in [6.45, 7) is 2.24. The Kier molecular flexibility index (Phi) is 5.37. The number of hydrogen-bond donors (Lipinski definition) is 1. The van der Waals surface area contributed by atoms with Gasteiger partial charge in [-0.1, -0.05) is 19.8 Å². The molecule has 1 aliphatic rings. The molecule has 1 aromatic heterocycles. The molecule has 0 unspecified atom stereocenters. The number of nitrogens with one attached hydrogen (secondary N) is 1. The van der Waals surface area contributed by atoms with Crippen molar-refractivity contribution in [2.45, 2.75) is 51.5 Å². The summed E-state index contributed by atoms with van der Waals surface area (Å²) in [6, 6.07) is 3.92. The number of halogens is 1. The molecular formula is C15H21BrN2O. The molecule has 0 aliphatic heterocycles. The Balaban J connectivity index is 1.82. The molecule has 0 atom stereocenters. The van der Waals surface area contributed by atoms with Crippen LogP contribution in [0.4, 0.5) is 0 Å². The molecule has 0 spiro atoms. The highest BCUT2D eigenvalue weighted by atomic mass is 79.9. The monoisotopic (exact) mass is 324 g/mol. The van der Waals surface area contributed by atoms with E-state index < -0.39 is 0 Å². The smallest absolute Gasteiger partial charge is 0.270 e. The fourth-order valence-corrected chi connectivity index (χ4v) is 3.01. The average molecular weight is 325 g/mol. The van der Waals surface area contributed by atoms with Gasteiger partial charge >= 0.3 is 0 Å². The van der Waals surface area contributed by atoms with Crippen LogP contribution in [0.5, 0.6) is 0 Å². The van der Waals surface area contributed by atoms with Gasteiger partial charge in [-0.3, -0.25) is 4.79 Å². The summed E-state index contributed by atoms with van der Waals surface area (Å²) in [7, 11) is 0. The highest BCUT2D eigenvalue weighted by Gasteiger charge is 2.22. The standard InChI is InChI=1S/C15H21BrN2O/c1-2-3-11-4-7-13(8-5-11)18-15(19)14-9-6-12(16)10-17-14/h6,9-11,13H,2-5,7-8H2,1H3,(H,18,19). The van der Waals surface area contributed by atoms with E-state index in [1.165, 1.54) is 25.7 Å². The van der Waals surface area contributed by atoms with E-state index in [1.54, 1.807) is 12.3 Å². The molecule has 3 nitrogen and oxygen atoms in total. The van der Waals surface area contributed by atoms with Gasteiger partial charge in [0, 0.05) is 16.7 Å². The predicted molar refractivity (Wildman–Crippen MR) is 80.1 cm³/mol. The molecule has 0 saturated heterocycles. The van der Waals surface area contributed by atoms with Crippen molar-refractivity contribution in [3.05, 3.63) is 28.5 Å². The fraction of sp³-hybridized carbons (Fsp3) is 0.600. The molecular weight excluding hydrogens is 304 g/mol. The zero-order valence-electron chi connectivity index (χ0n) is 11.4. The Hall–Kier alpha value is -0.900. The van der Waals surface area contributed by atoms with Crippen molar-refractivity contribution >= 4 is 21.8 Å². The van der Waals surface area contributed by atoms with Gasteiger partial charge in [0.05, 0.1) is 0 Å². The Morgan fingerprint density at radius 3 is 2.68 bits per heavy atom. The molecule has 1 amide bonds. The Bertz CT molecular complexity index is 411. The summed E-state index contributed by atoms with van der Waals surface area (Å²) in [5, 5.41) is 3.10. The summed E-state index contributed by atoms with van der Waals surface area (Å²) in [4.78, 5) is 16.2. The maximum atomic E-state index is 12.0. The minimum absolute atomic E-state index is 0.0496. The quantitative estimate of drug-likeness (QED) is 0.911. The van der Waals surface area contributed by atoms with Crippen LogP contribution in [0.3, 0.4) is 0 Å². The highest BCUT2D eigenvalue weighted by molar-refractivity contribution is 9.10. The fourth-order valence-electron chi connectivity index (χ4n) is 2.77. The zero-order chi connectivity index (χ0) is 13.7. The minimum atomic E-state index is -0.0496. The van der Waals surface area contributed by atoms with Gasteiger partial charge < -0.3 is 5.32 Å². The number of carbonyl (C=O) groups is 1. The van der Waals surface area contributed by atoms with Gasteiger partial charge in [-0.2, -0.15) is 0 Å². The van der Waals surface area contributed by atoms with Crippen LogP contribution in [0.2, 0.25) is 0 Å². The Labute approximate surface area is 123 Å². The molecule has 0 radical (unpaired) electrons. The maximum absolute atomic E-state index is 12.0. The highest BCUT2D eigenvalue weighted by Crippen LogP contribution is 2.27. The molecule has 104 valence electrons. The summed E-state index contributed by atoms with van der Waals surface area (Å²) in [5.74, 6) is 0.815. The largest absolute Gasteiger partial charge is 0.348 e. The molecule has 1 aromatic rings. The molecule has 1 aliphatic carbocycles. The first-order valence-electron chi connectivity index (χ1n) is 7.11. The lowest BCUT2D eigenvalue weighted by Gasteiger charge is -2.28. The van der Waals surface area contributed by atoms with Crippen molar-refractivity contribution in [1.29, 1.82) is 0 Å². The SMILES string of the molecule is CCCC1CCC(NC(=O)c2ccc(Br)cn2)CC1. The lowest BCUT2D eigenvalue weighted by molar-refractivity contribution is 0.0916. The minimum Gasteiger partial charge on any atom is -0.348 e. The van der Waals surface area contributed by atoms with Gasteiger partial charge in [-0.05, 0) is 59.7 Å². The van der Waals surface area contributed by atoms with Crippen LogP contribution in [-0.2, 0) is 0 Å². The van der Waals surface area contributed by atoms with Gasteiger partial charge in [-0.15, -0.1) is 0 Å². The molecule has 1 heterocycles. The lowest BCUT2D eigenvalue weighted by Crippen LogP contribution is -2.38. The van der Waals surface area contributed by atoms with Gasteiger partial charge in [0.2, 0.25) is 0 Å². The Morgan fingerprint density at radius 1 is 1.37 bits per heavy atom. The van der Waals surface area contributed by atoms with Gasteiger partial charge in [0.15, 0.2) is 0 Å². The first-order valence-corrected chi connectivity index (χ1v) is 7.90. The third-order valence-electron chi connectivity index (χ3n) is 3.84. The summed E-state index contributed by atoms with van der Waals surface area (Å²) < 4.78 is 0.893. The first-order chi connectivity index (χ1) is 9.19. The maximum Gasteiger partial charge on any atom is 0.270 e. The normalized spacial score (nSPS) is 23.1. The van der Waals surface area contributed by atoms with Crippen molar-refractivity contribution in [3.8, 4) is 0 Å². The molecule has 0 bridgehead atoms. The van der Waals surface area contributed by atoms with Crippen molar-refractivity contribution in [2.75, 3.05) is 0 Å². The first kappa shape index (κ1) is 14.5. The van der Waals surface area contributed by atoms with Crippen molar-refractivity contribution in [1.82, 2.24) is 10.3 Å². The van der Waals surface area contributed by atoms with E-state index in [4.69, 9.17) is 0 Å². The van der Waals surface area contributed by atoms with E-state index in [-0.39, 0.29) is 5.91 Å². The molecule has 1 fully saturated rings. The number of pyridine rings is 1. The Morgan fingerprint density at radius 2 is 2.11 bits per heavy atom. The third-order valence-corrected chi connectivity index (χ3v) is 4.31. The summed E-state index contributed by atoms with van der Waals surface area (Å²) in [6.07, 6.45) is 8.95. The zero-order valence-corrected chi connectivity index (χ0v) is 12.9.